The first kappa shape index (κ1) is 37.5. The van der Waals surface area contributed by atoms with Crippen LogP contribution in [0, 0.1) is 17.8 Å². The van der Waals surface area contributed by atoms with E-state index in [1.807, 2.05) is 26.0 Å². The zero-order valence-electron chi connectivity index (χ0n) is 28.1. The lowest BCUT2D eigenvalue weighted by Gasteiger charge is -2.44. The summed E-state index contributed by atoms with van der Waals surface area (Å²) < 4.78 is 24.9. The van der Waals surface area contributed by atoms with Gasteiger partial charge < -0.3 is 28.8 Å². The number of carboxylic acid groups (broad SMARTS) is 1. The summed E-state index contributed by atoms with van der Waals surface area (Å²) in [5.41, 5.74) is 2.51. The van der Waals surface area contributed by atoms with Crippen molar-refractivity contribution in [1.82, 2.24) is 0 Å². The molecule has 43 heavy (non-hydrogen) atoms. The van der Waals surface area contributed by atoms with Crippen LogP contribution in [0.3, 0.4) is 0 Å². The van der Waals surface area contributed by atoms with Crippen LogP contribution in [0.25, 0.3) is 0 Å². The van der Waals surface area contributed by atoms with Crippen molar-refractivity contribution in [3.05, 3.63) is 36.5 Å². The lowest BCUT2D eigenvalue weighted by atomic mass is 9.91. The van der Waals surface area contributed by atoms with Crippen LogP contribution in [0.4, 0.5) is 0 Å². The molecule has 2 aliphatic heterocycles. The number of ether oxygens (including phenoxy) is 3. The zero-order valence-corrected chi connectivity index (χ0v) is 29.1. The molecule has 6 atom stereocenters. The van der Waals surface area contributed by atoms with E-state index in [1.54, 1.807) is 0 Å². The molecule has 1 saturated heterocycles. The molecule has 0 spiro atoms. The van der Waals surface area contributed by atoms with Gasteiger partial charge in [-0.1, -0.05) is 90.8 Å². The van der Waals surface area contributed by atoms with E-state index in [9.17, 15) is 9.90 Å². The molecule has 0 radical (unpaired) electrons. The van der Waals surface area contributed by atoms with Crippen LogP contribution < -0.4 is 0 Å². The molecule has 2 heterocycles. The summed E-state index contributed by atoms with van der Waals surface area (Å²) in [5, 5.41) is 19.5. The van der Waals surface area contributed by atoms with Gasteiger partial charge in [0.1, 0.15) is 6.10 Å². The highest BCUT2D eigenvalue weighted by molar-refractivity contribution is 6.77. The summed E-state index contributed by atoms with van der Waals surface area (Å²) in [5.74, 6) is 3.43. The smallest absolute Gasteiger partial charge is 0.381 e. The summed E-state index contributed by atoms with van der Waals surface area (Å²) in [6.07, 6.45) is 11.2. The molecule has 0 amide bonds. The van der Waals surface area contributed by atoms with Gasteiger partial charge >= 0.3 is 5.97 Å². The fraction of sp³-hybridized carbons (Fsp3) is 0.743. The van der Waals surface area contributed by atoms with Crippen LogP contribution in [0.5, 0.6) is 0 Å². The second kappa shape index (κ2) is 17.1. The lowest BCUT2D eigenvalue weighted by molar-refractivity contribution is -0.150. The number of aliphatic carboxylic acids is 1. The minimum absolute atomic E-state index is 0.0764. The SMILES string of the molecule is C=C(CC(/C=C/C[C@@H](O)[C@@H]1COC(C)(C)O1)O[Si](C(C)C)(C(C)C)C(C)C)C[C@H](C)C[C@@H]1CC=C[C@@H](CC#CC(=O)O)O1. The van der Waals surface area contributed by atoms with Crippen molar-refractivity contribution >= 4 is 14.3 Å². The molecule has 0 aliphatic carbocycles. The Morgan fingerprint density at radius 3 is 2.35 bits per heavy atom. The molecule has 244 valence electrons. The first-order chi connectivity index (χ1) is 20.1. The van der Waals surface area contributed by atoms with Crippen molar-refractivity contribution in [2.75, 3.05) is 6.61 Å². The molecule has 0 saturated carbocycles. The zero-order chi connectivity index (χ0) is 32.4. The van der Waals surface area contributed by atoms with Gasteiger partial charge in [-0.15, -0.1) is 0 Å². The van der Waals surface area contributed by atoms with E-state index in [-0.39, 0.29) is 24.4 Å². The third-order valence-electron chi connectivity index (χ3n) is 8.66. The number of hydrogen-bond acceptors (Lipinski definition) is 6. The van der Waals surface area contributed by atoms with E-state index in [0.717, 1.165) is 31.3 Å². The van der Waals surface area contributed by atoms with E-state index < -0.39 is 26.2 Å². The van der Waals surface area contributed by atoms with Crippen LogP contribution in [0.2, 0.25) is 16.6 Å². The number of rotatable bonds is 16. The molecule has 2 N–H and O–H groups in total. The van der Waals surface area contributed by atoms with E-state index in [0.29, 0.717) is 42.0 Å². The molecule has 0 aromatic rings. The summed E-state index contributed by atoms with van der Waals surface area (Å²) in [7, 11) is -2.16. The fourth-order valence-corrected chi connectivity index (χ4v) is 12.4. The Morgan fingerprint density at radius 2 is 1.79 bits per heavy atom. The molecule has 0 aromatic heterocycles. The van der Waals surface area contributed by atoms with Gasteiger partial charge in [-0.05, 0) is 68.5 Å². The molecule has 8 heteroatoms. The number of aliphatic hydroxyl groups is 1. The van der Waals surface area contributed by atoms with Gasteiger partial charge in [-0.25, -0.2) is 4.79 Å². The molecule has 7 nitrogen and oxygen atoms in total. The Morgan fingerprint density at radius 1 is 1.14 bits per heavy atom. The Labute approximate surface area is 262 Å². The lowest BCUT2D eigenvalue weighted by Crippen LogP contribution is -2.50. The molecule has 1 unspecified atom stereocenters. The van der Waals surface area contributed by atoms with Crippen molar-refractivity contribution < 1.29 is 33.6 Å². The van der Waals surface area contributed by atoms with Crippen LogP contribution in [-0.2, 0) is 23.4 Å². The molecular weight excluding hydrogens is 560 g/mol. The van der Waals surface area contributed by atoms with E-state index >= 15 is 0 Å². The monoisotopic (exact) mass is 618 g/mol. The van der Waals surface area contributed by atoms with Crippen LogP contribution in [-0.4, -0.2) is 67.4 Å². The second-order valence-corrected chi connectivity index (χ2v) is 19.2. The minimum atomic E-state index is -2.16. The maximum atomic E-state index is 10.8. The molecular formula is C35H58O7Si. The Balaban J connectivity index is 2.07. The van der Waals surface area contributed by atoms with Crippen molar-refractivity contribution in [1.29, 1.82) is 0 Å². The van der Waals surface area contributed by atoms with E-state index in [4.69, 9.17) is 23.7 Å². The summed E-state index contributed by atoms with van der Waals surface area (Å²) in [6, 6.07) is 0. The van der Waals surface area contributed by atoms with Gasteiger partial charge in [0.15, 0.2) is 5.79 Å². The largest absolute Gasteiger partial charge is 0.472 e. The van der Waals surface area contributed by atoms with Crippen molar-refractivity contribution in [2.24, 2.45) is 5.92 Å². The van der Waals surface area contributed by atoms with Gasteiger partial charge in [-0.3, -0.25) is 0 Å². The average molecular weight is 619 g/mol. The topological polar surface area (TPSA) is 94.5 Å². The third kappa shape index (κ3) is 11.9. The molecule has 2 rings (SSSR count). The van der Waals surface area contributed by atoms with E-state index in [2.05, 4.69) is 79.0 Å². The predicted octanol–water partition coefficient (Wildman–Crippen LogP) is 7.56. The highest BCUT2D eigenvalue weighted by Crippen LogP contribution is 2.44. The molecule has 0 aromatic carbocycles. The standard InChI is InChI=1S/C35H58O7Si/c1-24(2)43(25(3)4,26(5)6)42-31(17-12-18-32(36)33-23-39-35(9,10)41-33)22-28(8)20-27(7)21-30-16-11-14-29(40-30)15-13-19-34(37)38/h11-12,14,17,24-27,29-33,36H,8,15-16,18,20-23H2,1-7,9-10H3,(H,37,38)/b17-12+/t27-,29-,30-,31?,32+,33-/m0/s1. The van der Waals surface area contributed by atoms with E-state index in [1.165, 1.54) is 0 Å². The first-order valence-corrected chi connectivity index (χ1v) is 18.2. The van der Waals surface area contributed by atoms with Crippen molar-refractivity contribution in [3.63, 3.8) is 0 Å². The summed E-state index contributed by atoms with van der Waals surface area (Å²) in [4.78, 5) is 10.7. The first-order valence-electron chi connectivity index (χ1n) is 16.1. The minimum Gasteiger partial charge on any atom is -0.472 e. The van der Waals surface area contributed by atoms with Crippen molar-refractivity contribution in [3.8, 4) is 11.8 Å². The quantitative estimate of drug-likeness (QED) is 0.105. The summed E-state index contributed by atoms with van der Waals surface area (Å²) in [6.45, 7) is 24.6. The van der Waals surface area contributed by atoms with Gasteiger partial charge in [0, 0.05) is 12.3 Å². The Hall–Kier alpha value is -1.73. The highest BCUT2D eigenvalue weighted by Gasteiger charge is 2.46. The number of aliphatic hydroxyl groups excluding tert-OH is 1. The second-order valence-electron chi connectivity index (χ2n) is 13.8. The predicted molar refractivity (Wildman–Crippen MR) is 175 cm³/mol. The maximum Gasteiger partial charge on any atom is 0.381 e. The van der Waals surface area contributed by atoms with Crippen LogP contribution in [0.15, 0.2) is 36.5 Å². The molecule has 2 aliphatic rings. The van der Waals surface area contributed by atoms with Gasteiger partial charge in [-0.2, -0.15) is 0 Å². The van der Waals surface area contributed by atoms with Crippen molar-refractivity contribution in [2.45, 2.75) is 154 Å². The van der Waals surface area contributed by atoms with Crippen LogP contribution in [0.1, 0.15) is 101 Å². The van der Waals surface area contributed by atoms with Crippen LogP contribution >= 0.6 is 0 Å². The Bertz CT molecular complexity index is 997. The van der Waals surface area contributed by atoms with Gasteiger partial charge in [0.05, 0.1) is 31.0 Å². The number of carboxylic acids is 1. The molecule has 0 bridgehead atoms. The summed E-state index contributed by atoms with van der Waals surface area (Å²) >= 11 is 0. The fourth-order valence-electron chi connectivity index (χ4n) is 6.86. The number of hydrogen-bond donors (Lipinski definition) is 2. The molecule has 1 fully saturated rings. The highest BCUT2D eigenvalue weighted by atomic mass is 28.4. The normalized spacial score (nSPS) is 24.3. The number of carbonyl (C=O) groups is 1. The van der Waals surface area contributed by atoms with Gasteiger partial charge in [0.25, 0.3) is 0 Å². The third-order valence-corrected chi connectivity index (χ3v) is 14.8. The Kier molecular flexibility index (Phi) is 14.9. The van der Waals surface area contributed by atoms with Gasteiger partial charge in [0.2, 0.25) is 8.32 Å². The maximum absolute atomic E-state index is 10.8. The average Bonchev–Trinajstić information content (AvgIpc) is 3.25.